The third-order valence-electron chi connectivity index (χ3n) is 4.34. The zero-order valence-corrected chi connectivity index (χ0v) is 16.5. The first-order valence-corrected chi connectivity index (χ1v) is 9.68. The van der Waals surface area contributed by atoms with Crippen molar-refractivity contribution in [1.29, 1.82) is 0 Å². The predicted molar refractivity (Wildman–Crippen MR) is 118 cm³/mol. The van der Waals surface area contributed by atoms with Crippen LogP contribution in [0.3, 0.4) is 0 Å². The van der Waals surface area contributed by atoms with E-state index >= 15 is 0 Å². The van der Waals surface area contributed by atoms with Gasteiger partial charge >= 0.3 is 12.1 Å². The Hall–Kier alpha value is -3.86. The van der Waals surface area contributed by atoms with Gasteiger partial charge in [0.25, 0.3) is 0 Å². The Kier molecular flexibility index (Phi) is 7.39. The summed E-state index contributed by atoms with van der Waals surface area (Å²) in [6, 6.07) is 26.1. The number of amides is 1. The highest BCUT2D eigenvalue weighted by Crippen LogP contribution is 2.25. The summed E-state index contributed by atoms with van der Waals surface area (Å²) in [5, 5.41) is 8.89. The number of para-hydroxylation sites is 2. The number of hydrogen-bond acceptors (Lipinski definition) is 3. The van der Waals surface area contributed by atoms with Crippen LogP contribution in [0.4, 0.5) is 16.2 Å². The van der Waals surface area contributed by atoms with Gasteiger partial charge in [0.1, 0.15) is 0 Å². The SMILES string of the molecule is O=C(O)Cc1cccc(C=CCCOC(=O)N(c2ccccc2)c2ccccc2)c1. The van der Waals surface area contributed by atoms with Crippen molar-refractivity contribution in [1.82, 2.24) is 0 Å². The van der Waals surface area contributed by atoms with Crippen LogP contribution in [-0.4, -0.2) is 23.8 Å². The highest BCUT2D eigenvalue weighted by molar-refractivity contribution is 5.95. The molecule has 5 nitrogen and oxygen atoms in total. The van der Waals surface area contributed by atoms with E-state index in [4.69, 9.17) is 9.84 Å². The lowest BCUT2D eigenvalue weighted by molar-refractivity contribution is -0.136. The molecule has 0 unspecified atom stereocenters. The molecule has 1 N–H and O–H groups in total. The van der Waals surface area contributed by atoms with Crippen molar-refractivity contribution in [2.24, 2.45) is 0 Å². The normalized spacial score (nSPS) is 10.7. The van der Waals surface area contributed by atoms with Crippen LogP contribution in [0.15, 0.2) is 91.0 Å². The average molecular weight is 401 g/mol. The lowest BCUT2D eigenvalue weighted by Gasteiger charge is -2.22. The zero-order chi connectivity index (χ0) is 21.2. The highest BCUT2D eigenvalue weighted by atomic mass is 16.6. The van der Waals surface area contributed by atoms with Crippen LogP contribution in [-0.2, 0) is 16.0 Å². The topological polar surface area (TPSA) is 66.8 Å². The summed E-state index contributed by atoms with van der Waals surface area (Å²) in [6.45, 7) is 0.236. The quantitative estimate of drug-likeness (QED) is 0.492. The van der Waals surface area contributed by atoms with Gasteiger partial charge in [0, 0.05) is 0 Å². The Morgan fingerprint density at radius 2 is 1.50 bits per heavy atom. The third-order valence-corrected chi connectivity index (χ3v) is 4.34. The van der Waals surface area contributed by atoms with Crippen molar-refractivity contribution >= 4 is 29.5 Å². The molecular formula is C25H23NO4. The molecule has 0 heterocycles. The molecule has 0 saturated heterocycles. The van der Waals surface area contributed by atoms with E-state index in [2.05, 4.69) is 0 Å². The lowest BCUT2D eigenvalue weighted by Crippen LogP contribution is -2.27. The number of carboxylic acids is 1. The second-order valence-corrected chi connectivity index (χ2v) is 6.63. The molecule has 0 fully saturated rings. The van der Waals surface area contributed by atoms with Crippen molar-refractivity contribution in [2.45, 2.75) is 12.8 Å². The van der Waals surface area contributed by atoms with Crippen molar-refractivity contribution in [2.75, 3.05) is 11.5 Å². The fourth-order valence-corrected chi connectivity index (χ4v) is 2.99. The molecule has 3 aromatic rings. The summed E-state index contributed by atoms with van der Waals surface area (Å²) in [5.41, 5.74) is 3.13. The first kappa shape index (κ1) is 20.9. The molecule has 30 heavy (non-hydrogen) atoms. The van der Waals surface area contributed by atoms with Crippen LogP contribution in [0.5, 0.6) is 0 Å². The Labute approximate surface area is 175 Å². The maximum Gasteiger partial charge on any atom is 0.418 e. The van der Waals surface area contributed by atoms with E-state index in [9.17, 15) is 9.59 Å². The van der Waals surface area contributed by atoms with E-state index in [1.54, 1.807) is 11.0 Å². The van der Waals surface area contributed by atoms with Crippen LogP contribution in [0.1, 0.15) is 17.5 Å². The monoisotopic (exact) mass is 401 g/mol. The molecule has 0 radical (unpaired) electrons. The number of anilines is 2. The van der Waals surface area contributed by atoms with Gasteiger partial charge < -0.3 is 9.84 Å². The number of aliphatic carboxylic acids is 1. The first-order chi connectivity index (χ1) is 14.6. The van der Waals surface area contributed by atoms with Gasteiger partial charge in [0.05, 0.1) is 24.4 Å². The predicted octanol–water partition coefficient (Wildman–Crippen LogP) is 5.69. The fraction of sp³-hybridized carbons (Fsp3) is 0.120. The number of carbonyl (C=O) groups excluding carboxylic acids is 1. The van der Waals surface area contributed by atoms with E-state index in [1.165, 1.54) is 0 Å². The molecule has 0 aliphatic heterocycles. The molecule has 0 saturated carbocycles. The van der Waals surface area contributed by atoms with Gasteiger partial charge in [-0.25, -0.2) is 9.69 Å². The Bertz CT molecular complexity index is 960. The van der Waals surface area contributed by atoms with Crippen molar-refractivity contribution in [3.8, 4) is 0 Å². The molecule has 152 valence electrons. The molecule has 0 aliphatic rings. The number of nitrogens with zero attached hydrogens (tertiary/aromatic N) is 1. The van der Waals surface area contributed by atoms with E-state index in [0.717, 1.165) is 22.5 Å². The number of ether oxygens (including phenoxy) is 1. The largest absolute Gasteiger partial charge is 0.481 e. The lowest BCUT2D eigenvalue weighted by atomic mass is 10.1. The highest BCUT2D eigenvalue weighted by Gasteiger charge is 2.18. The van der Waals surface area contributed by atoms with Gasteiger partial charge in [-0.3, -0.25) is 4.79 Å². The van der Waals surface area contributed by atoms with Crippen LogP contribution in [0.25, 0.3) is 6.08 Å². The third kappa shape index (κ3) is 6.07. The van der Waals surface area contributed by atoms with Gasteiger partial charge in [-0.1, -0.05) is 72.8 Å². The fourth-order valence-electron chi connectivity index (χ4n) is 2.99. The average Bonchev–Trinajstić information content (AvgIpc) is 2.75. The van der Waals surface area contributed by atoms with E-state index < -0.39 is 12.1 Å². The van der Waals surface area contributed by atoms with Crippen LogP contribution >= 0.6 is 0 Å². The number of carbonyl (C=O) groups is 2. The van der Waals surface area contributed by atoms with Gasteiger partial charge in [-0.05, 0) is 41.8 Å². The zero-order valence-electron chi connectivity index (χ0n) is 16.5. The summed E-state index contributed by atoms with van der Waals surface area (Å²) < 4.78 is 5.49. The number of hydrogen-bond donors (Lipinski definition) is 1. The second-order valence-electron chi connectivity index (χ2n) is 6.63. The number of carboxylic acid groups (broad SMARTS) is 1. The molecular weight excluding hydrogens is 378 g/mol. The Morgan fingerprint density at radius 1 is 0.867 bits per heavy atom. The second kappa shape index (κ2) is 10.6. The first-order valence-electron chi connectivity index (χ1n) is 9.68. The summed E-state index contributed by atoms with van der Waals surface area (Å²) >= 11 is 0. The van der Waals surface area contributed by atoms with Gasteiger partial charge in [0.2, 0.25) is 0 Å². The van der Waals surface area contributed by atoms with Crippen molar-refractivity contribution in [3.05, 3.63) is 102 Å². The van der Waals surface area contributed by atoms with Crippen molar-refractivity contribution < 1.29 is 19.4 Å². The molecule has 0 aliphatic carbocycles. The van der Waals surface area contributed by atoms with E-state index in [1.807, 2.05) is 91.0 Å². The molecule has 3 aromatic carbocycles. The summed E-state index contributed by atoms with van der Waals surface area (Å²) in [5.74, 6) is -0.857. The maximum absolute atomic E-state index is 12.7. The van der Waals surface area contributed by atoms with Gasteiger partial charge in [-0.2, -0.15) is 0 Å². The maximum atomic E-state index is 12.7. The van der Waals surface area contributed by atoms with E-state index in [-0.39, 0.29) is 13.0 Å². The molecule has 1 amide bonds. The summed E-state index contributed by atoms with van der Waals surface area (Å²) in [6.07, 6.45) is 3.90. The van der Waals surface area contributed by atoms with Crippen molar-refractivity contribution in [3.63, 3.8) is 0 Å². The molecule has 0 aromatic heterocycles. The molecule has 3 rings (SSSR count). The minimum atomic E-state index is -0.857. The smallest absolute Gasteiger partial charge is 0.418 e. The molecule has 0 bridgehead atoms. The molecule has 5 heteroatoms. The standard InChI is InChI=1S/C25H23NO4/c27-24(28)19-21-12-9-11-20(18-21)10-7-8-17-30-25(29)26(22-13-3-1-4-14-22)23-15-5-2-6-16-23/h1-7,9-16,18H,8,17,19H2,(H,27,28). The molecule has 0 atom stereocenters. The van der Waals surface area contributed by atoms with Crippen LogP contribution in [0, 0.1) is 0 Å². The Morgan fingerprint density at radius 3 is 2.10 bits per heavy atom. The minimum absolute atomic E-state index is 0.00585. The molecule has 0 spiro atoms. The van der Waals surface area contributed by atoms with Gasteiger partial charge in [0.15, 0.2) is 0 Å². The Balaban J connectivity index is 1.58. The summed E-state index contributed by atoms with van der Waals surface area (Å²) in [4.78, 5) is 25.1. The number of rotatable bonds is 8. The van der Waals surface area contributed by atoms with Gasteiger partial charge in [-0.15, -0.1) is 0 Å². The minimum Gasteiger partial charge on any atom is -0.481 e. The van der Waals surface area contributed by atoms with Crippen LogP contribution in [0.2, 0.25) is 0 Å². The van der Waals surface area contributed by atoms with E-state index in [0.29, 0.717) is 6.42 Å². The number of benzene rings is 3. The summed E-state index contributed by atoms with van der Waals surface area (Å²) in [7, 11) is 0. The van der Waals surface area contributed by atoms with Crippen LogP contribution < -0.4 is 4.90 Å².